The predicted molar refractivity (Wildman–Crippen MR) is 98.7 cm³/mol. The largest absolute Gasteiger partial charge is 0.497 e. The van der Waals surface area contributed by atoms with E-state index in [9.17, 15) is 4.79 Å². The average Bonchev–Trinajstić information content (AvgIpc) is 3.00. The molecule has 1 amide bonds. The summed E-state index contributed by atoms with van der Waals surface area (Å²) in [6.07, 6.45) is 2.31. The van der Waals surface area contributed by atoms with Gasteiger partial charge in [-0.3, -0.25) is 4.79 Å². The molecule has 7 heteroatoms. The number of aromatic nitrogens is 3. The van der Waals surface area contributed by atoms with Crippen LogP contribution in [0.1, 0.15) is 19.8 Å². The van der Waals surface area contributed by atoms with E-state index in [0.717, 1.165) is 41.8 Å². The van der Waals surface area contributed by atoms with Gasteiger partial charge in [0.15, 0.2) is 11.0 Å². The molecule has 0 bridgehead atoms. The molecule has 0 spiro atoms. The summed E-state index contributed by atoms with van der Waals surface area (Å²) in [4.78, 5) is 14.4. The first-order chi connectivity index (χ1) is 12.1. The Kier molecular flexibility index (Phi) is 5.63. The summed E-state index contributed by atoms with van der Waals surface area (Å²) in [5.74, 6) is 2.78. The quantitative estimate of drug-likeness (QED) is 0.768. The number of amides is 1. The molecule has 1 atom stereocenters. The van der Waals surface area contributed by atoms with Gasteiger partial charge in [0.1, 0.15) is 5.75 Å². The Labute approximate surface area is 152 Å². The highest BCUT2D eigenvalue weighted by Crippen LogP contribution is 2.25. The van der Waals surface area contributed by atoms with E-state index in [0.29, 0.717) is 11.7 Å². The zero-order chi connectivity index (χ0) is 17.8. The fraction of sp³-hybridized carbons (Fsp3) is 0.500. The topological polar surface area (TPSA) is 60.3 Å². The molecule has 0 saturated carbocycles. The number of nitrogens with zero attached hydrogens (tertiary/aromatic N) is 4. The molecule has 1 aromatic carbocycles. The highest BCUT2D eigenvalue weighted by Gasteiger charge is 2.21. The Bertz CT molecular complexity index is 729. The van der Waals surface area contributed by atoms with E-state index < -0.39 is 0 Å². The van der Waals surface area contributed by atoms with Gasteiger partial charge in [-0.2, -0.15) is 0 Å². The molecule has 3 rings (SSSR count). The van der Waals surface area contributed by atoms with Gasteiger partial charge in [-0.1, -0.05) is 18.7 Å². The molecule has 1 fully saturated rings. The maximum absolute atomic E-state index is 12.4. The Morgan fingerprint density at radius 3 is 2.76 bits per heavy atom. The third kappa shape index (κ3) is 4.15. The van der Waals surface area contributed by atoms with Gasteiger partial charge in [0.25, 0.3) is 0 Å². The minimum atomic E-state index is 0.186. The number of hydrogen-bond donors (Lipinski definition) is 0. The Morgan fingerprint density at radius 1 is 1.32 bits per heavy atom. The van der Waals surface area contributed by atoms with Crippen molar-refractivity contribution in [3.05, 3.63) is 24.3 Å². The minimum Gasteiger partial charge on any atom is -0.497 e. The number of methoxy groups -OCH3 is 1. The maximum atomic E-state index is 12.4. The number of thioether (sulfide) groups is 1. The number of ether oxygens (including phenoxy) is 1. The highest BCUT2D eigenvalue weighted by molar-refractivity contribution is 7.99. The average molecular weight is 360 g/mol. The molecule has 25 heavy (non-hydrogen) atoms. The molecule has 2 heterocycles. The second-order valence-corrected chi connectivity index (χ2v) is 7.41. The van der Waals surface area contributed by atoms with Crippen LogP contribution in [0.25, 0.3) is 11.4 Å². The van der Waals surface area contributed by atoms with E-state index in [2.05, 4.69) is 17.1 Å². The number of hydrogen-bond acceptors (Lipinski definition) is 5. The van der Waals surface area contributed by atoms with Crippen LogP contribution in [0.2, 0.25) is 0 Å². The first kappa shape index (κ1) is 17.8. The molecule has 1 aliphatic rings. The number of carbonyl (C=O) groups is 1. The van der Waals surface area contributed by atoms with Gasteiger partial charge in [0, 0.05) is 25.7 Å². The van der Waals surface area contributed by atoms with Crippen molar-refractivity contribution in [3.8, 4) is 17.1 Å². The lowest BCUT2D eigenvalue weighted by molar-refractivity contribution is -0.130. The van der Waals surface area contributed by atoms with Gasteiger partial charge in [-0.25, -0.2) is 0 Å². The summed E-state index contributed by atoms with van der Waals surface area (Å²) in [6, 6.07) is 7.71. The summed E-state index contributed by atoms with van der Waals surface area (Å²) in [7, 11) is 3.57. The number of piperidine rings is 1. The van der Waals surface area contributed by atoms with Crippen LogP contribution in [0.15, 0.2) is 29.4 Å². The van der Waals surface area contributed by atoms with Crippen LogP contribution in [-0.4, -0.2) is 51.5 Å². The van der Waals surface area contributed by atoms with E-state index in [1.165, 1.54) is 18.2 Å². The minimum absolute atomic E-state index is 0.186. The van der Waals surface area contributed by atoms with E-state index in [4.69, 9.17) is 4.74 Å². The molecular weight excluding hydrogens is 336 g/mol. The van der Waals surface area contributed by atoms with Crippen molar-refractivity contribution in [3.63, 3.8) is 0 Å². The first-order valence-electron chi connectivity index (χ1n) is 8.53. The molecule has 2 aromatic rings. The molecule has 0 radical (unpaired) electrons. The monoisotopic (exact) mass is 360 g/mol. The standard InChI is InChI=1S/C18H24N4O2S/c1-13-5-4-10-22(11-13)16(23)12-25-18-20-19-17(21(18)2)14-6-8-15(24-3)9-7-14/h6-9,13H,4-5,10-12H2,1-3H3/t13-/m1/s1. The molecular formula is C18H24N4O2S. The summed E-state index contributed by atoms with van der Waals surface area (Å²) < 4.78 is 7.11. The van der Waals surface area contributed by atoms with E-state index >= 15 is 0 Å². The SMILES string of the molecule is COc1ccc(-c2nnc(SCC(=O)N3CCC[C@@H](C)C3)n2C)cc1. The summed E-state index contributed by atoms with van der Waals surface area (Å²) >= 11 is 1.45. The third-order valence-corrected chi connectivity index (χ3v) is 5.52. The molecule has 6 nitrogen and oxygen atoms in total. The van der Waals surface area contributed by atoms with E-state index in [1.807, 2.05) is 40.8 Å². The van der Waals surface area contributed by atoms with Crippen molar-refractivity contribution in [1.82, 2.24) is 19.7 Å². The van der Waals surface area contributed by atoms with Gasteiger partial charge in [0.05, 0.1) is 12.9 Å². The van der Waals surface area contributed by atoms with Crippen molar-refractivity contribution in [2.45, 2.75) is 24.9 Å². The van der Waals surface area contributed by atoms with Crippen LogP contribution in [-0.2, 0) is 11.8 Å². The zero-order valence-electron chi connectivity index (χ0n) is 14.9. The van der Waals surface area contributed by atoms with Gasteiger partial charge < -0.3 is 14.2 Å². The Balaban J connectivity index is 1.63. The van der Waals surface area contributed by atoms with Crippen molar-refractivity contribution in [2.75, 3.05) is 26.0 Å². The van der Waals surface area contributed by atoms with Crippen molar-refractivity contribution >= 4 is 17.7 Å². The third-order valence-electron chi connectivity index (χ3n) is 4.52. The van der Waals surface area contributed by atoms with Crippen LogP contribution in [0.4, 0.5) is 0 Å². The number of rotatable bonds is 5. The number of benzene rings is 1. The normalized spacial score (nSPS) is 17.6. The second-order valence-electron chi connectivity index (χ2n) is 6.47. The molecule has 1 aromatic heterocycles. The number of carbonyl (C=O) groups excluding carboxylic acids is 1. The van der Waals surface area contributed by atoms with Gasteiger partial charge in [-0.15, -0.1) is 10.2 Å². The van der Waals surface area contributed by atoms with Crippen LogP contribution >= 0.6 is 11.8 Å². The Hall–Kier alpha value is -2.02. The fourth-order valence-corrected chi connectivity index (χ4v) is 3.88. The first-order valence-corrected chi connectivity index (χ1v) is 9.51. The molecule has 0 N–H and O–H groups in total. The highest BCUT2D eigenvalue weighted by atomic mass is 32.2. The van der Waals surface area contributed by atoms with E-state index in [1.54, 1.807) is 7.11 Å². The lowest BCUT2D eigenvalue weighted by atomic mass is 10.0. The van der Waals surface area contributed by atoms with Crippen LogP contribution in [0, 0.1) is 5.92 Å². The second kappa shape index (κ2) is 7.91. The molecule has 134 valence electrons. The lowest BCUT2D eigenvalue weighted by Gasteiger charge is -2.30. The predicted octanol–water partition coefficient (Wildman–Crippen LogP) is 2.84. The summed E-state index contributed by atoms with van der Waals surface area (Å²) in [5, 5.41) is 9.26. The van der Waals surface area contributed by atoms with Crippen molar-refractivity contribution < 1.29 is 9.53 Å². The Morgan fingerprint density at radius 2 is 2.08 bits per heavy atom. The van der Waals surface area contributed by atoms with E-state index in [-0.39, 0.29) is 5.91 Å². The zero-order valence-corrected chi connectivity index (χ0v) is 15.8. The summed E-state index contributed by atoms with van der Waals surface area (Å²) in [6.45, 7) is 3.95. The molecule has 1 saturated heterocycles. The molecule has 1 aliphatic heterocycles. The summed E-state index contributed by atoms with van der Waals surface area (Å²) in [5.41, 5.74) is 0.971. The van der Waals surface area contributed by atoms with Gasteiger partial charge in [-0.05, 0) is 43.0 Å². The van der Waals surface area contributed by atoms with Crippen LogP contribution in [0.5, 0.6) is 5.75 Å². The van der Waals surface area contributed by atoms with Crippen molar-refractivity contribution in [2.24, 2.45) is 13.0 Å². The van der Waals surface area contributed by atoms with Gasteiger partial charge >= 0.3 is 0 Å². The lowest BCUT2D eigenvalue weighted by Crippen LogP contribution is -2.40. The van der Waals surface area contributed by atoms with Gasteiger partial charge in [0.2, 0.25) is 5.91 Å². The molecule has 0 unspecified atom stereocenters. The van der Waals surface area contributed by atoms with Crippen molar-refractivity contribution in [1.29, 1.82) is 0 Å². The van der Waals surface area contributed by atoms with Crippen LogP contribution < -0.4 is 4.74 Å². The number of likely N-dealkylation sites (tertiary alicyclic amines) is 1. The maximum Gasteiger partial charge on any atom is 0.233 e. The van der Waals surface area contributed by atoms with Crippen LogP contribution in [0.3, 0.4) is 0 Å². The smallest absolute Gasteiger partial charge is 0.233 e. The fourth-order valence-electron chi connectivity index (χ4n) is 3.07. The molecule has 0 aliphatic carbocycles.